The van der Waals surface area contributed by atoms with E-state index in [-0.39, 0.29) is 5.25 Å². The molecular weight excluding hydrogens is 398 g/mol. The van der Waals surface area contributed by atoms with Gasteiger partial charge in [0, 0.05) is 12.1 Å². The molecule has 0 saturated carbocycles. The maximum Gasteiger partial charge on any atom is 0.247 e. The van der Waals surface area contributed by atoms with E-state index in [9.17, 15) is 0 Å². The van der Waals surface area contributed by atoms with Crippen molar-refractivity contribution in [3.05, 3.63) is 60.0 Å². The predicted octanol–water partition coefficient (Wildman–Crippen LogP) is 5.19. The summed E-state index contributed by atoms with van der Waals surface area (Å²) in [5, 5.41) is 18.0. The lowest BCUT2D eigenvalue weighted by atomic mass is 10.1. The fraction of sp³-hybridized carbons (Fsp3) is 0.273. The molecule has 2 aromatic carbocycles. The maximum absolute atomic E-state index is 5.92. The van der Waals surface area contributed by atoms with Crippen molar-refractivity contribution in [3.63, 3.8) is 0 Å². The zero-order valence-corrected chi connectivity index (χ0v) is 18.2. The molecule has 7 nitrogen and oxygen atoms in total. The van der Waals surface area contributed by atoms with Crippen LogP contribution in [0.2, 0.25) is 0 Å². The summed E-state index contributed by atoms with van der Waals surface area (Å²) >= 11 is 1.54. The number of aryl methyl sites for hydroxylation is 1. The Morgan fingerprint density at radius 2 is 1.80 bits per heavy atom. The molecule has 0 spiro atoms. The van der Waals surface area contributed by atoms with Gasteiger partial charge in [0.15, 0.2) is 11.0 Å². The van der Waals surface area contributed by atoms with Crippen LogP contribution in [0.3, 0.4) is 0 Å². The number of ether oxygens (including phenoxy) is 1. The molecule has 2 aromatic heterocycles. The van der Waals surface area contributed by atoms with Crippen LogP contribution >= 0.6 is 11.8 Å². The largest absolute Gasteiger partial charge is 0.496 e. The van der Waals surface area contributed by atoms with Crippen LogP contribution in [0.4, 0.5) is 0 Å². The van der Waals surface area contributed by atoms with E-state index in [1.165, 1.54) is 5.56 Å². The van der Waals surface area contributed by atoms with Crippen LogP contribution in [0.15, 0.2) is 58.1 Å². The lowest BCUT2D eigenvalue weighted by Gasteiger charge is -2.11. The molecule has 0 radical (unpaired) electrons. The molecule has 1 atom stereocenters. The average molecular weight is 422 g/mol. The Hall–Kier alpha value is -3.13. The highest BCUT2D eigenvalue weighted by molar-refractivity contribution is 7.99. The highest BCUT2D eigenvalue weighted by Gasteiger charge is 2.22. The van der Waals surface area contributed by atoms with E-state index in [4.69, 9.17) is 9.15 Å². The summed E-state index contributed by atoms with van der Waals surface area (Å²) in [7, 11) is 1.66. The summed E-state index contributed by atoms with van der Waals surface area (Å²) in [4.78, 5) is 0. The molecule has 4 aromatic rings. The van der Waals surface area contributed by atoms with Gasteiger partial charge in [-0.2, -0.15) is 0 Å². The molecule has 0 aliphatic rings. The minimum atomic E-state index is -0.0725. The van der Waals surface area contributed by atoms with Crippen LogP contribution in [0, 0.1) is 6.92 Å². The van der Waals surface area contributed by atoms with Crippen molar-refractivity contribution in [2.24, 2.45) is 0 Å². The van der Waals surface area contributed by atoms with Gasteiger partial charge in [-0.15, -0.1) is 20.4 Å². The Labute approximate surface area is 179 Å². The van der Waals surface area contributed by atoms with Crippen LogP contribution < -0.4 is 4.74 Å². The minimum absolute atomic E-state index is 0.0725. The monoisotopic (exact) mass is 421 g/mol. The van der Waals surface area contributed by atoms with Gasteiger partial charge in [0.1, 0.15) is 5.75 Å². The number of methoxy groups -OCH3 is 1. The van der Waals surface area contributed by atoms with E-state index < -0.39 is 0 Å². The number of hydrogen-bond acceptors (Lipinski definition) is 7. The van der Waals surface area contributed by atoms with Crippen molar-refractivity contribution in [1.29, 1.82) is 0 Å². The van der Waals surface area contributed by atoms with E-state index in [1.807, 2.05) is 62.4 Å². The third kappa shape index (κ3) is 3.95. The molecule has 8 heteroatoms. The minimum Gasteiger partial charge on any atom is -0.496 e. The topological polar surface area (TPSA) is 78.9 Å². The molecule has 0 fully saturated rings. The van der Waals surface area contributed by atoms with Gasteiger partial charge in [-0.05, 0) is 45.0 Å². The van der Waals surface area contributed by atoms with E-state index in [2.05, 4.69) is 31.9 Å². The third-order valence-electron chi connectivity index (χ3n) is 4.75. The molecule has 0 N–H and O–H groups in total. The first-order valence-corrected chi connectivity index (χ1v) is 10.6. The van der Waals surface area contributed by atoms with Crippen molar-refractivity contribution >= 4 is 11.8 Å². The number of hydrogen-bond donors (Lipinski definition) is 0. The zero-order valence-electron chi connectivity index (χ0n) is 17.4. The highest BCUT2D eigenvalue weighted by Crippen LogP contribution is 2.37. The predicted molar refractivity (Wildman–Crippen MR) is 116 cm³/mol. The fourth-order valence-corrected chi connectivity index (χ4v) is 4.05. The fourth-order valence-electron chi connectivity index (χ4n) is 3.11. The van der Waals surface area contributed by atoms with Crippen LogP contribution in [0.1, 0.15) is 30.6 Å². The highest BCUT2D eigenvalue weighted by atomic mass is 32.2. The lowest BCUT2D eigenvalue weighted by Crippen LogP contribution is -2.02. The molecule has 30 heavy (non-hydrogen) atoms. The number of rotatable bonds is 7. The first-order valence-electron chi connectivity index (χ1n) is 9.74. The van der Waals surface area contributed by atoms with Gasteiger partial charge >= 0.3 is 0 Å². The first-order chi connectivity index (χ1) is 14.6. The summed E-state index contributed by atoms with van der Waals surface area (Å²) in [5.74, 6) is 2.61. The van der Waals surface area contributed by atoms with E-state index in [1.54, 1.807) is 18.9 Å². The summed E-state index contributed by atoms with van der Waals surface area (Å²) in [6, 6.07) is 15.8. The molecule has 1 unspecified atom stereocenters. The van der Waals surface area contributed by atoms with Crippen molar-refractivity contribution in [2.45, 2.75) is 37.7 Å². The molecule has 0 saturated heterocycles. The smallest absolute Gasteiger partial charge is 0.247 e. The molecule has 154 valence electrons. The van der Waals surface area contributed by atoms with Gasteiger partial charge in [-0.3, -0.25) is 0 Å². The Balaban J connectivity index is 1.58. The zero-order chi connectivity index (χ0) is 21.1. The molecule has 2 heterocycles. The Kier molecular flexibility index (Phi) is 5.85. The second kappa shape index (κ2) is 8.71. The van der Waals surface area contributed by atoms with Crippen LogP contribution in [-0.4, -0.2) is 32.1 Å². The van der Waals surface area contributed by atoms with E-state index >= 15 is 0 Å². The number of thioether (sulfide) groups is 1. The SMILES string of the molecule is CCn1c(SC(C)c2nnc(-c3ccc(C)cc3)o2)nnc1-c1ccccc1OC. The Morgan fingerprint density at radius 3 is 2.53 bits per heavy atom. The molecule has 0 aliphatic heterocycles. The van der Waals surface area contributed by atoms with Crippen LogP contribution in [0.5, 0.6) is 5.75 Å². The van der Waals surface area contributed by atoms with Crippen LogP contribution in [-0.2, 0) is 6.54 Å². The maximum atomic E-state index is 5.92. The van der Waals surface area contributed by atoms with Crippen molar-refractivity contribution in [1.82, 2.24) is 25.0 Å². The van der Waals surface area contributed by atoms with Gasteiger partial charge in [0.25, 0.3) is 0 Å². The molecule has 0 amide bonds. The summed E-state index contributed by atoms with van der Waals surface area (Å²) in [5.41, 5.74) is 3.01. The van der Waals surface area contributed by atoms with Crippen molar-refractivity contribution in [3.8, 4) is 28.6 Å². The molecule has 0 aliphatic carbocycles. The lowest BCUT2D eigenvalue weighted by molar-refractivity contribution is 0.416. The second-order valence-corrected chi connectivity index (χ2v) is 8.13. The van der Waals surface area contributed by atoms with Gasteiger partial charge in [-0.25, -0.2) is 0 Å². The Morgan fingerprint density at radius 1 is 1.03 bits per heavy atom. The summed E-state index contributed by atoms with van der Waals surface area (Å²) < 4.78 is 13.5. The van der Waals surface area contributed by atoms with Gasteiger partial charge in [-0.1, -0.05) is 41.6 Å². The third-order valence-corrected chi connectivity index (χ3v) is 5.82. The molecule has 0 bridgehead atoms. The number of nitrogens with zero attached hydrogens (tertiary/aromatic N) is 5. The second-order valence-electron chi connectivity index (χ2n) is 6.82. The van der Waals surface area contributed by atoms with Crippen molar-refractivity contribution in [2.75, 3.05) is 7.11 Å². The van der Waals surface area contributed by atoms with Gasteiger partial charge in [0.2, 0.25) is 11.8 Å². The summed E-state index contributed by atoms with van der Waals surface area (Å²) in [6.07, 6.45) is 0. The summed E-state index contributed by atoms with van der Waals surface area (Å²) in [6.45, 7) is 6.87. The first kappa shape index (κ1) is 20.2. The quantitative estimate of drug-likeness (QED) is 0.380. The normalized spacial score (nSPS) is 12.1. The average Bonchev–Trinajstić information content (AvgIpc) is 3.41. The molecule has 4 rings (SSSR count). The standard InChI is InChI=1S/C22H23N5O2S/c1-5-27-19(17-8-6-7-9-18(17)28-4)23-26-22(27)30-15(3)20-24-25-21(29-20)16-12-10-14(2)11-13-16/h6-13,15H,5H2,1-4H3. The van der Waals surface area contributed by atoms with Gasteiger partial charge in [0.05, 0.1) is 17.9 Å². The molecular formula is C22H23N5O2S. The number of benzene rings is 2. The number of aromatic nitrogens is 5. The van der Waals surface area contributed by atoms with Crippen molar-refractivity contribution < 1.29 is 9.15 Å². The van der Waals surface area contributed by atoms with Crippen LogP contribution in [0.25, 0.3) is 22.8 Å². The van der Waals surface area contributed by atoms with E-state index in [0.29, 0.717) is 11.8 Å². The van der Waals surface area contributed by atoms with Gasteiger partial charge < -0.3 is 13.7 Å². The van der Waals surface area contributed by atoms with E-state index in [0.717, 1.165) is 34.4 Å². The Bertz CT molecular complexity index is 1140. The number of para-hydroxylation sites is 1.